The number of carbonyl (C=O) groups is 1. The molecule has 21 heavy (non-hydrogen) atoms. The molecule has 2 unspecified atom stereocenters. The Bertz CT molecular complexity index is 453. The van der Waals surface area contributed by atoms with Crippen LogP contribution in [0.5, 0.6) is 5.75 Å². The fraction of sp³-hybridized carbons (Fsp3) is 0.533. The molecule has 2 rings (SSSR count). The normalized spacial score (nSPS) is 19.2. The summed E-state index contributed by atoms with van der Waals surface area (Å²) >= 11 is 0. The smallest absolute Gasteiger partial charge is 0.237 e. The first-order valence-corrected chi connectivity index (χ1v) is 7.08. The first-order chi connectivity index (χ1) is 9.65. The lowest BCUT2D eigenvalue weighted by Gasteiger charge is -2.23. The molecule has 1 aliphatic rings. The number of halogens is 2. The van der Waals surface area contributed by atoms with Crippen molar-refractivity contribution in [3.05, 3.63) is 30.1 Å². The quantitative estimate of drug-likeness (QED) is 0.876. The van der Waals surface area contributed by atoms with Gasteiger partial charge >= 0.3 is 0 Å². The number of piperidine rings is 1. The Morgan fingerprint density at radius 2 is 2.33 bits per heavy atom. The van der Waals surface area contributed by atoms with Gasteiger partial charge in [0.1, 0.15) is 17.7 Å². The van der Waals surface area contributed by atoms with Crippen LogP contribution < -0.4 is 15.4 Å². The van der Waals surface area contributed by atoms with Crippen molar-refractivity contribution in [1.29, 1.82) is 0 Å². The molecule has 0 radical (unpaired) electrons. The van der Waals surface area contributed by atoms with Gasteiger partial charge in [0, 0.05) is 6.07 Å². The minimum Gasteiger partial charge on any atom is -0.489 e. The van der Waals surface area contributed by atoms with Crippen LogP contribution in [-0.2, 0) is 4.79 Å². The fourth-order valence-electron chi connectivity index (χ4n) is 2.26. The van der Waals surface area contributed by atoms with Gasteiger partial charge in [-0.3, -0.25) is 4.79 Å². The molecule has 0 aliphatic carbocycles. The van der Waals surface area contributed by atoms with Crippen LogP contribution in [0, 0.1) is 5.82 Å². The van der Waals surface area contributed by atoms with E-state index in [0.717, 1.165) is 25.8 Å². The zero-order chi connectivity index (χ0) is 14.4. The number of ether oxygens (including phenoxy) is 1. The number of rotatable bonds is 5. The van der Waals surface area contributed by atoms with Crippen molar-refractivity contribution in [1.82, 2.24) is 10.6 Å². The molecule has 1 heterocycles. The van der Waals surface area contributed by atoms with Crippen LogP contribution in [-0.4, -0.2) is 31.1 Å². The van der Waals surface area contributed by atoms with Crippen molar-refractivity contribution >= 4 is 18.3 Å². The lowest BCUT2D eigenvalue weighted by Crippen LogP contribution is -2.48. The molecular formula is C15H22ClFN2O2. The maximum atomic E-state index is 13.0. The molecule has 1 aliphatic heterocycles. The maximum Gasteiger partial charge on any atom is 0.237 e. The van der Waals surface area contributed by atoms with Gasteiger partial charge in [-0.25, -0.2) is 4.39 Å². The van der Waals surface area contributed by atoms with E-state index in [2.05, 4.69) is 10.6 Å². The molecular weight excluding hydrogens is 295 g/mol. The molecule has 118 valence electrons. The summed E-state index contributed by atoms with van der Waals surface area (Å²) in [4.78, 5) is 11.9. The predicted molar refractivity (Wildman–Crippen MR) is 82.4 cm³/mol. The molecule has 1 amide bonds. The van der Waals surface area contributed by atoms with Crippen LogP contribution in [0.1, 0.15) is 26.2 Å². The summed E-state index contributed by atoms with van der Waals surface area (Å²) in [6, 6.07) is 5.91. The van der Waals surface area contributed by atoms with Crippen molar-refractivity contribution < 1.29 is 13.9 Å². The highest BCUT2D eigenvalue weighted by molar-refractivity contribution is 5.85. The second-order valence-corrected chi connectivity index (χ2v) is 5.13. The number of benzene rings is 1. The number of nitrogens with one attached hydrogen (secondary N) is 2. The highest BCUT2D eigenvalue weighted by Crippen LogP contribution is 2.13. The Morgan fingerprint density at radius 1 is 1.52 bits per heavy atom. The summed E-state index contributed by atoms with van der Waals surface area (Å²) in [5, 5.41) is 6.06. The topological polar surface area (TPSA) is 50.4 Å². The Labute approximate surface area is 130 Å². The van der Waals surface area contributed by atoms with Gasteiger partial charge in [0.15, 0.2) is 0 Å². The van der Waals surface area contributed by atoms with Crippen molar-refractivity contribution in [3.63, 3.8) is 0 Å². The molecule has 1 aromatic rings. The van der Waals surface area contributed by atoms with E-state index in [0.29, 0.717) is 12.3 Å². The second-order valence-electron chi connectivity index (χ2n) is 5.13. The minimum atomic E-state index is -0.329. The Morgan fingerprint density at radius 3 is 3.00 bits per heavy atom. The van der Waals surface area contributed by atoms with Gasteiger partial charge in [-0.1, -0.05) is 12.5 Å². The number of hydrogen-bond acceptors (Lipinski definition) is 3. The molecule has 6 heteroatoms. The van der Waals surface area contributed by atoms with E-state index in [4.69, 9.17) is 4.74 Å². The van der Waals surface area contributed by atoms with Gasteiger partial charge in [-0.2, -0.15) is 0 Å². The summed E-state index contributed by atoms with van der Waals surface area (Å²) in [5.74, 6) is 0.159. The molecule has 1 fully saturated rings. The van der Waals surface area contributed by atoms with Crippen LogP contribution >= 0.6 is 12.4 Å². The number of carbonyl (C=O) groups excluding carboxylic acids is 1. The number of amides is 1. The van der Waals surface area contributed by atoms with Gasteiger partial charge in [-0.05, 0) is 38.4 Å². The zero-order valence-electron chi connectivity index (χ0n) is 12.1. The maximum absolute atomic E-state index is 13.0. The van der Waals surface area contributed by atoms with E-state index in [9.17, 15) is 9.18 Å². The fourth-order valence-corrected chi connectivity index (χ4v) is 2.26. The third-order valence-electron chi connectivity index (χ3n) is 3.32. The molecule has 2 N–H and O–H groups in total. The lowest BCUT2D eigenvalue weighted by atomic mass is 10.0. The van der Waals surface area contributed by atoms with Crippen molar-refractivity contribution in [2.75, 3.05) is 13.1 Å². The van der Waals surface area contributed by atoms with Gasteiger partial charge in [0.2, 0.25) is 5.91 Å². The van der Waals surface area contributed by atoms with Gasteiger partial charge in [0.05, 0.1) is 12.6 Å². The highest BCUT2D eigenvalue weighted by atomic mass is 35.5. The minimum absolute atomic E-state index is 0. The summed E-state index contributed by atoms with van der Waals surface area (Å²) in [5.41, 5.74) is 0. The van der Waals surface area contributed by atoms with Gasteiger partial charge < -0.3 is 15.4 Å². The number of hydrogen-bond donors (Lipinski definition) is 2. The summed E-state index contributed by atoms with van der Waals surface area (Å²) in [6.45, 7) is 3.15. The van der Waals surface area contributed by atoms with Crippen molar-refractivity contribution in [2.24, 2.45) is 0 Å². The van der Waals surface area contributed by atoms with Crippen LogP contribution in [0.4, 0.5) is 4.39 Å². The second kappa shape index (κ2) is 8.85. The van der Waals surface area contributed by atoms with Crippen LogP contribution in [0.25, 0.3) is 0 Å². The van der Waals surface area contributed by atoms with E-state index in [1.807, 2.05) is 6.92 Å². The molecule has 1 aromatic carbocycles. The highest BCUT2D eigenvalue weighted by Gasteiger charge is 2.20. The lowest BCUT2D eigenvalue weighted by molar-refractivity contribution is -0.124. The first-order valence-electron chi connectivity index (χ1n) is 7.08. The Balaban J connectivity index is 0.00000220. The molecule has 0 bridgehead atoms. The third-order valence-corrected chi connectivity index (χ3v) is 3.32. The third kappa shape index (κ3) is 5.89. The average Bonchev–Trinajstić information content (AvgIpc) is 2.46. The molecule has 4 nitrogen and oxygen atoms in total. The van der Waals surface area contributed by atoms with Crippen molar-refractivity contribution in [3.8, 4) is 5.75 Å². The van der Waals surface area contributed by atoms with E-state index in [1.165, 1.54) is 12.1 Å². The van der Waals surface area contributed by atoms with Gasteiger partial charge in [-0.15, -0.1) is 12.4 Å². The van der Waals surface area contributed by atoms with Crippen molar-refractivity contribution in [2.45, 2.75) is 38.3 Å². The molecule has 0 spiro atoms. The molecule has 2 atom stereocenters. The summed E-state index contributed by atoms with van der Waals surface area (Å²) in [6.07, 6.45) is 2.89. The largest absolute Gasteiger partial charge is 0.489 e. The summed E-state index contributed by atoms with van der Waals surface area (Å²) < 4.78 is 18.6. The van der Waals surface area contributed by atoms with Crippen LogP contribution in [0.15, 0.2) is 24.3 Å². The Kier molecular flexibility index (Phi) is 7.47. The SMILES string of the molecule is CC(CNC(=O)C1CCCCN1)Oc1cccc(F)c1.Cl. The van der Waals surface area contributed by atoms with E-state index in [1.54, 1.807) is 12.1 Å². The van der Waals surface area contributed by atoms with Gasteiger partial charge in [0.25, 0.3) is 0 Å². The van der Waals surface area contributed by atoms with Crippen LogP contribution in [0.3, 0.4) is 0 Å². The Hall–Kier alpha value is -1.33. The van der Waals surface area contributed by atoms with Crippen LogP contribution in [0.2, 0.25) is 0 Å². The van der Waals surface area contributed by atoms with E-state index >= 15 is 0 Å². The molecule has 0 saturated carbocycles. The summed E-state index contributed by atoms with van der Waals surface area (Å²) in [7, 11) is 0. The first kappa shape index (κ1) is 17.7. The zero-order valence-corrected chi connectivity index (χ0v) is 12.9. The monoisotopic (exact) mass is 316 g/mol. The van der Waals surface area contributed by atoms with E-state index in [-0.39, 0.29) is 36.3 Å². The average molecular weight is 317 g/mol. The predicted octanol–water partition coefficient (Wildman–Crippen LogP) is 2.27. The standard InChI is InChI=1S/C15H21FN2O2.ClH/c1-11(20-13-6-4-5-12(16)9-13)10-18-15(19)14-7-2-3-8-17-14;/h4-6,9,11,14,17H,2-3,7-8,10H2,1H3,(H,18,19);1H. The molecule has 1 saturated heterocycles. The molecule has 0 aromatic heterocycles. The van der Waals surface area contributed by atoms with E-state index < -0.39 is 0 Å².